The van der Waals surface area contributed by atoms with Crippen LogP contribution in [0, 0.1) is 11.8 Å². The van der Waals surface area contributed by atoms with Gasteiger partial charge in [0.2, 0.25) is 5.91 Å². The van der Waals surface area contributed by atoms with Crippen molar-refractivity contribution in [2.24, 2.45) is 11.8 Å². The van der Waals surface area contributed by atoms with Gasteiger partial charge in [-0.1, -0.05) is 18.5 Å². The zero-order valence-electron chi connectivity index (χ0n) is 11.8. The lowest BCUT2D eigenvalue weighted by atomic mass is 10.1. The fraction of sp³-hybridized carbons (Fsp3) is 0.562. The van der Waals surface area contributed by atoms with Crippen LogP contribution in [0.25, 0.3) is 0 Å². The molecule has 0 spiro atoms. The van der Waals surface area contributed by atoms with Crippen LogP contribution in [0.2, 0.25) is 5.02 Å². The van der Waals surface area contributed by atoms with Crippen molar-refractivity contribution in [1.82, 2.24) is 0 Å². The first-order valence-electron chi connectivity index (χ1n) is 7.53. The monoisotopic (exact) mass is 292 g/mol. The van der Waals surface area contributed by atoms with E-state index in [1.165, 1.54) is 25.7 Å². The highest BCUT2D eigenvalue weighted by Gasteiger charge is 2.41. The summed E-state index contributed by atoms with van der Waals surface area (Å²) in [5, 5.41) is 7.23. The highest BCUT2D eigenvalue weighted by molar-refractivity contribution is 6.33. The zero-order chi connectivity index (χ0) is 14.1. The van der Waals surface area contributed by atoms with E-state index in [2.05, 4.69) is 10.6 Å². The lowest BCUT2D eigenvalue weighted by Gasteiger charge is -2.20. The number of rotatable bonds is 6. The van der Waals surface area contributed by atoms with Crippen LogP contribution in [-0.4, -0.2) is 11.9 Å². The molecule has 108 valence electrons. The van der Waals surface area contributed by atoms with Gasteiger partial charge in [-0.2, -0.15) is 0 Å². The minimum atomic E-state index is 0.0270. The molecule has 1 aromatic rings. The van der Waals surface area contributed by atoms with Crippen molar-refractivity contribution in [3.05, 3.63) is 23.2 Å². The van der Waals surface area contributed by atoms with E-state index in [4.69, 9.17) is 11.6 Å². The number of carbonyl (C=O) groups excluding carboxylic acids is 1. The summed E-state index contributed by atoms with van der Waals surface area (Å²) in [4.78, 5) is 11.5. The summed E-state index contributed by atoms with van der Waals surface area (Å²) in [6.07, 6.45) is 5.81. The average molecular weight is 293 g/mol. The van der Waals surface area contributed by atoms with E-state index in [1.807, 2.05) is 25.1 Å². The summed E-state index contributed by atoms with van der Waals surface area (Å²) in [7, 11) is 0. The molecule has 0 aliphatic heterocycles. The van der Waals surface area contributed by atoms with Crippen LogP contribution in [0.3, 0.4) is 0 Å². The number of hydrogen-bond donors (Lipinski definition) is 2. The molecule has 2 fully saturated rings. The van der Waals surface area contributed by atoms with Gasteiger partial charge < -0.3 is 10.6 Å². The summed E-state index contributed by atoms with van der Waals surface area (Å²) >= 11 is 6.29. The number of carbonyl (C=O) groups is 1. The van der Waals surface area contributed by atoms with Crippen molar-refractivity contribution < 1.29 is 4.79 Å². The Morgan fingerprint density at radius 2 is 1.95 bits per heavy atom. The molecule has 3 rings (SSSR count). The molecule has 0 heterocycles. The van der Waals surface area contributed by atoms with Crippen molar-refractivity contribution >= 4 is 28.9 Å². The summed E-state index contributed by atoms with van der Waals surface area (Å²) in [5.74, 6) is 1.65. The van der Waals surface area contributed by atoms with Gasteiger partial charge in [-0.05, 0) is 55.7 Å². The Bertz CT molecular complexity index is 497. The zero-order valence-corrected chi connectivity index (χ0v) is 12.5. The minimum absolute atomic E-state index is 0.0270. The van der Waals surface area contributed by atoms with Gasteiger partial charge in [0.1, 0.15) is 0 Å². The molecule has 2 N–H and O–H groups in total. The van der Waals surface area contributed by atoms with Gasteiger partial charge in [0.15, 0.2) is 0 Å². The Morgan fingerprint density at radius 3 is 2.50 bits per heavy atom. The van der Waals surface area contributed by atoms with Crippen LogP contribution in [0.15, 0.2) is 18.2 Å². The van der Waals surface area contributed by atoms with Gasteiger partial charge in [0.05, 0.1) is 10.7 Å². The molecule has 0 radical (unpaired) electrons. The molecule has 1 amide bonds. The fourth-order valence-corrected chi connectivity index (χ4v) is 2.85. The van der Waals surface area contributed by atoms with Crippen molar-refractivity contribution in [2.75, 3.05) is 10.6 Å². The minimum Gasteiger partial charge on any atom is -0.380 e. The van der Waals surface area contributed by atoms with Crippen molar-refractivity contribution in [2.45, 2.75) is 45.1 Å². The topological polar surface area (TPSA) is 41.1 Å². The lowest BCUT2D eigenvalue weighted by molar-refractivity contribution is -0.115. The Kier molecular flexibility index (Phi) is 3.88. The predicted octanol–water partition coefficient (Wildman–Crippen LogP) is 4.29. The second kappa shape index (κ2) is 5.65. The van der Waals surface area contributed by atoms with Gasteiger partial charge in [-0.15, -0.1) is 0 Å². The Labute approximate surface area is 125 Å². The van der Waals surface area contributed by atoms with Crippen LogP contribution in [0.4, 0.5) is 11.4 Å². The number of amides is 1. The van der Waals surface area contributed by atoms with Crippen LogP contribution < -0.4 is 10.6 Å². The first-order valence-corrected chi connectivity index (χ1v) is 7.91. The fourth-order valence-electron chi connectivity index (χ4n) is 2.67. The molecule has 1 aromatic carbocycles. The molecule has 2 saturated carbocycles. The number of halogens is 1. The second-order valence-corrected chi connectivity index (χ2v) is 6.35. The number of benzene rings is 1. The van der Waals surface area contributed by atoms with E-state index in [0.29, 0.717) is 12.5 Å². The highest BCUT2D eigenvalue weighted by atomic mass is 35.5. The smallest absolute Gasteiger partial charge is 0.224 e. The standard InChI is InChI=1S/C16H21ClN2O/c1-2-15(20)18-12-7-8-13(17)14(9-12)19-16(10-3-4-10)11-5-6-11/h7-11,16,19H,2-6H2,1H3,(H,18,20). The summed E-state index contributed by atoms with van der Waals surface area (Å²) < 4.78 is 0. The average Bonchev–Trinajstić information content (AvgIpc) is 3.30. The second-order valence-electron chi connectivity index (χ2n) is 5.94. The van der Waals surface area contributed by atoms with Crippen molar-refractivity contribution in [3.8, 4) is 0 Å². The van der Waals surface area contributed by atoms with E-state index >= 15 is 0 Å². The van der Waals surface area contributed by atoms with E-state index < -0.39 is 0 Å². The normalized spacial score (nSPS) is 18.1. The molecule has 2 aliphatic rings. The van der Waals surface area contributed by atoms with E-state index in [0.717, 1.165) is 28.2 Å². The summed E-state index contributed by atoms with van der Waals surface area (Å²) in [6.45, 7) is 1.85. The first-order chi connectivity index (χ1) is 9.67. The third-order valence-corrected chi connectivity index (χ3v) is 4.48. The quantitative estimate of drug-likeness (QED) is 0.821. The maximum atomic E-state index is 11.5. The molecule has 0 saturated heterocycles. The molecule has 2 aliphatic carbocycles. The molecule has 4 heteroatoms. The van der Waals surface area contributed by atoms with Gasteiger partial charge >= 0.3 is 0 Å². The molecule has 3 nitrogen and oxygen atoms in total. The van der Waals surface area contributed by atoms with Crippen molar-refractivity contribution in [3.63, 3.8) is 0 Å². The third-order valence-electron chi connectivity index (χ3n) is 4.15. The van der Waals surface area contributed by atoms with Crippen LogP contribution >= 0.6 is 11.6 Å². The largest absolute Gasteiger partial charge is 0.380 e. The lowest BCUT2D eigenvalue weighted by Crippen LogP contribution is -2.24. The highest BCUT2D eigenvalue weighted by Crippen LogP contribution is 2.46. The number of nitrogens with one attached hydrogen (secondary N) is 2. The molecular weight excluding hydrogens is 272 g/mol. The Morgan fingerprint density at radius 1 is 1.30 bits per heavy atom. The van der Waals surface area contributed by atoms with E-state index in [9.17, 15) is 4.79 Å². The molecule has 0 atom stereocenters. The van der Waals surface area contributed by atoms with Gasteiger partial charge in [-0.3, -0.25) is 4.79 Å². The molecule has 20 heavy (non-hydrogen) atoms. The predicted molar refractivity (Wildman–Crippen MR) is 83.2 cm³/mol. The van der Waals surface area contributed by atoms with Crippen LogP contribution in [0.1, 0.15) is 39.0 Å². The maximum absolute atomic E-state index is 11.5. The van der Waals surface area contributed by atoms with E-state index in [-0.39, 0.29) is 5.91 Å². The van der Waals surface area contributed by atoms with Gasteiger partial charge in [0, 0.05) is 18.2 Å². The molecule has 0 unspecified atom stereocenters. The first kappa shape index (κ1) is 13.7. The van der Waals surface area contributed by atoms with Gasteiger partial charge in [-0.25, -0.2) is 0 Å². The van der Waals surface area contributed by atoms with E-state index in [1.54, 1.807) is 0 Å². The maximum Gasteiger partial charge on any atom is 0.224 e. The van der Waals surface area contributed by atoms with Crippen LogP contribution in [0.5, 0.6) is 0 Å². The van der Waals surface area contributed by atoms with Crippen LogP contribution in [-0.2, 0) is 4.79 Å². The summed E-state index contributed by atoms with van der Waals surface area (Å²) in [6, 6.07) is 6.22. The molecular formula is C16H21ClN2O. The number of hydrogen-bond acceptors (Lipinski definition) is 2. The molecule has 0 aromatic heterocycles. The van der Waals surface area contributed by atoms with Gasteiger partial charge in [0.25, 0.3) is 0 Å². The van der Waals surface area contributed by atoms with Crippen molar-refractivity contribution in [1.29, 1.82) is 0 Å². The Balaban J connectivity index is 1.73. The number of anilines is 2. The third kappa shape index (κ3) is 3.26. The SMILES string of the molecule is CCC(=O)Nc1ccc(Cl)c(NC(C2CC2)C2CC2)c1. The molecule has 0 bridgehead atoms. The summed E-state index contributed by atoms with van der Waals surface area (Å²) in [5.41, 5.74) is 1.76. The Hall–Kier alpha value is -1.22.